The van der Waals surface area contributed by atoms with Crippen LogP contribution in [0.3, 0.4) is 0 Å². The van der Waals surface area contributed by atoms with E-state index in [2.05, 4.69) is 10.3 Å². The van der Waals surface area contributed by atoms with Gasteiger partial charge in [-0.2, -0.15) is 0 Å². The van der Waals surface area contributed by atoms with Gasteiger partial charge in [-0.3, -0.25) is 9.78 Å². The summed E-state index contributed by atoms with van der Waals surface area (Å²) in [6.45, 7) is 0.966. The van der Waals surface area contributed by atoms with Crippen molar-refractivity contribution < 1.29 is 19.4 Å². The van der Waals surface area contributed by atoms with Gasteiger partial charge in [-0.05, 0) is 42.5 Å². The number of carbonyl (C=O) groups excluding carboxylic acids is 1. The number of rotatable bonds is 5. The molecule has 4 rings (SSSR count). The summed E-state index contributed by atoms with van der Waals surface area (Å²) in [7, 11) is 0. The molecule has 1 fully saturated rings. The number of ether oxygens (including phenoxy) is 2. The van der Waals surface area contributed by atoms with Crippen LogP contribution in [0.15, 0.2) is 36.5 Å². The Morgan fingerprint density at radius 1 is 1.26 bits per heavy atom. The highest BCUT2D eigenvalue weighted by atomic mass is 35.5. The second-order valence-electron chi connectivity index (χ2n) is 6.95. The molecule has 0 radical (unpaired) electrons. The van der Waals surface area contributed by atoms with Crippen LogP contribution in [0.25, 0.3) is 0 Å². The minimum Gasteiger partial charge on any atom is -0.486 e. The van der Waals surface area contributed by atoms with Crippen molar-refractivity contribution in [3.63, 3.8) is 0 Å². The van der Waals surface area contributed by atoms with Gasteiger partial charge < -0.3 is 19.9 Å². The number of benzene rings is 1. The summed E-state index contributed by atoms with van der Waals surface area (Å²) in [5.74, 6) is 1.24. The number of halogens is 1. The molecule has 6 nitrogen and oxygen atoms in total. The molecule has 1 saturated carbocycles. The van der Waals surface area contributed by atoms with Crippen molar-refractivity contribution in [2.24, 2.45) is 5.92 Å². The van der Waals surface area contributed by atoms with E-state index >= 15 is 0 Å². The zero-order valence-electron chi connectivity index (χ0n) is 14.7. The molecule has 1 aliphatic heterocycles. The first-order chi connectivity index (χ1) is 13.1. The number of aromatic nitrogens is 1. The fourth-order valence-corrected chi connectivity index (χ4v) is 3.75. The lowest BCUT2D eigenvalue weighted by Crippen LogP contribution is -2.42. The van der Waals surface area contributed by atoms with Gasteiger partial charge in [0.25, 0.3) is 0 Å². The predicted octanol–water partition coefficient (Wildman–Crippen LogP) is 2.68. The summed E-state index contributed by atoms with van der Waals surface area (Å²) in [6.07, 6.45) is 2.86. The maximum Gasteiger partial charge on any atom is 0.225 e. The second-order valence-corrected chi connectivity index (χ2v) is 7.36. The van der Waals surface area contributed by atoms with E-state index < -0.39 is 0 Å². The molecule has 1 unspecified atom stereocenters. The Bertz CT molecular complexity index is 824. The van der Waals surface area contributed by atoms with Crippen molar-refractivity contribution >= 4 is 17.5 Å². The number of pyridine rings is 1. The van der Waals surface area contributed by atoms with Crippen molar-refractivity contribution in [1.29, 1.82) is 0 Å². The summed E-state index contributed by atoms with van der Waals surface area (Å²) < 4.78 is 11.1. The van der Waals surface area contributed by atoms with Gasteiger partial charge in [0.2, 0.25) is 5.91 Å². The van der Waals surface area contributed by atoms with E-state index in [1.807, 2.05) is 18.2 Å². The van der Waals surface area contributed by atoms with Crippen LogP contribution in [0.4, 0.5) is 0 Å². The first-order valence-electron chi connectivity index (χ1n) is 9.06. The fourth-order valence-electron chi connectivity index (χ4n) is 3.53. The second kappa shape index (κ2) is 7.74. The average Bonchev–Trinajstić information content (AvgIpc) is 2.65. The molecule has 1 atom stereocenters. The van der Waals surface area contributed by atoms with Gasteiger partial charge in [0.15, 0.2) is 11.5 Å². The molecule has 2 heterocycles. The number of nitrogens with one attached hydrogen (secondary N) is 1. The van der Waals surface area contributed by atoms with Gasteiger partial charge in [0, 0.05) is 17.3 Å². The van der Waals surface area contributed by atoms with Crippen molar-refractivity contribution in [3.8, 4) is 11.5 Å². The third-order valence-corrected chi connectivity index (χ3v) is 5.36. The number of carbonyl (C=O) groups is 1. The summed E-state index contributed by atoms with van der Waals surface area (Å²) in [6, 6.07) is 8.86. The number of aliphatic hydroxyl groups excluding tert-OH is 1. The standard InChI is InChI=1S/C20H21ClN2O4/c21-15-11-18-17(26-5-6-27-18)9-12(15)10-19(25)23-20(13-7-14(24)8-13)16-3-1-2-4-22-16/h1-4,9,11,13-14,20,24H,5-8,10H2,(H,23,25). The van der Waals surface area contributed by atoms with Crippen LogP contribution < -0.4 is 14.8 Å². The van der Waals surface area contributed by atoms with Crippen LogP contribution in [0.5, 0.6) is 11.5 Å². The van der Waals surface area contributed by atoms with Crippen LogP contribution in [0, 0.1) is 5.92 Å². The molecular weight excluding hydrogens is 368 g/mol. The molecule has 2 aliphatic rings. The molecule has 1 aromatic carbocycles. The molecule has 0 bridgehead atoms. The Morgan fingerprint density at radius 2 is 2.00 bits per heavy atom. The molecule has 7 heteroatoms. The lowest BCUT2D eigenvalue weighted by atomic mass is 9.76. The maximum atomic E-state index is 12.7. The first kappa shape index (κ1) is 18.1. The van der Waals surface area contributed by atoms with Gasteiger partial charge in [0.1, 0.15) is 13.2 Å². The Morgan fingerprint density at radius 3 is 2.67 bits per heavy atom. The minimum absolute atomic E-state index is 0.133. The fraction of sp³-hybridized carbons (Fsp3) is 0.400. The van der Waals surface area contributed by atoms with Gasteiger partial charge >= 0.3 is 0 Å². The van der Waals surface area contributed by atoms with Gasteiger partial charge in [-0.15, -0.1) is 0 Å². The van der Waals surface area contributed by atoms with Gasteiger partial charge in [-0.1, -0.05) is 17.7 Å². The highest BCUT2D eigenvalue weighted by molar-refractivity contribution is 6.31. The Labute approximate surface area is 162 Å². The molecule has 1 aliphatic carbocycles. The smallest absolute Gasteiger partial charge is 0.225 e. The molecule has 0 spiro atoms. The summed E-state index contributed by atoms with van der Waals surface area (Å²) in [5.41, 5.74) is 1.49. The number of hydrogen-bond donors (Lipinski definition) is 2. The van der Waals surface area contributed by atoms with E-state index in [4.69, 9.17) is 21.1 Å². The zero-order valence-corrected chi connectivity index (χ0v) is 15.5. The topological polar surface area (TPSA) is 80.7 Å². The van der Waals surface area contributed by atoms with Crippen LogP contribution in [0.2, 0.25) is 5.02 Å². The Hall–Kier alpha value is -2.31. The summed E-state index contributed by atoms with van der Waals surface area (Å²) >= 11 is 6.32. The van der Waals surface area contributed by atoms with Crippen LogP contribution >= 0.6 is 11.6 Å². The van der Waals surface area contributed by atoms with Crippen molar-refractivity contribution in [1.82, 2.24) is 10.3 Å². The van der Waals surface area contributed by atoms with E-state index in [1.54, 1.807) is 18.3 Å². The normalized spacial score (nSPS) is 21.9. The van der Waals surface area contributed by atoms with E-state index in [-0.39, 0.29) is 30.4 Å². The van der Waals surface area contributed by atoms with Crippen molar-refractivity contribution in [2.45, 2.75) is 31.4 Å². The van der Waals surface area contributed by atoms with E-state index in [0.29, 0.717) is 48.1 Å². The number of aliphatic hydroxyl groups is 1. The molecule has 0 saturated heterocycles. The molecule has 27 heavy (non-hydrogen) atoms. The van der Waals surface area contributed by atoms with Crippen LogP contribution in [-0.4, -0.2) is 35.3 Å². The SMILES string of the molecule is O=C(Cc1cc2c(cc1Cl)OCCO2)NC(c1ccccn1)C1CC(O)C1. The molecule has 2 aromatic rings. The Balaban J connectivity index is 1.48. The van der Waals surface area contributed by atoms with Crippen molar-refractivity contribution in [3.05, 3.63) is 52.8 Å². The highest BCUT2D eigenvalue weighted by Crippen LogP contribution is 2.38. The van der Waals surface area contributed by atoms with Gasteiger partial charge in [-0.25, -0.2) is 0 Å². The van der Waals surface area contributed by atoms with Crippen LogP contribution in [-0.2, 0) is 11.2 Å². The minimum atomic E-state index is -0.301. The third kappa shape index (κ3) is 4.01. The molecule has 142 valence electrons. The largest absolute Gasteiger partial charge is 0.486 e. The van der Waals surface area contributed by atoms with Crippen LogP contribution in [0.1, 0.15) is 30.1 Å². The monoisotopic (exact) mass is 388 g/mol. The molecular formula is C20H21ClN2O4. The third-order valence-electron chi connectivity index (χ3n) is 5.01. The van der Waals surface area contributed by atoms with Gasteiger partial charge in [0.05, 0.1) is 24.3 Å². The summed E-state index contributed by atoms with van der Waals surface area (Å²) in [4.78, 5) is 17.1. The average molecular weight is 389 g/mol. The van der Waals surface area contributed by atoms with E-state index in [1.165, 1.54) is 0 Å². The first-order valence-corrected chi connectivity index (χ1v) is 9.44. The number of amides is 1. The summed E-state index contributed by atoms with van der Waals surface area (Å²) in [5, 5.41) is 13.2. The highest BCUT2D eigenvalue weighted by Gasteiger charge is 2.36. The molecule has 1 amide bonds. The number of fused-ring (bicyclic) bond motifs is 1. The zero-order chi connectivity index (χ0) is 18.8. The quantitative estimate of drug-likeness (QED) is 0.823. The molecule has 1 aromatic heterocycles. The lowest BCUT2D eigenvalue weighted by molar-refractivity contribution is -0.122. The van der Waals surface area contributed by atoms with E-state index in [0.717, 1.165) is 5.69 Å². The maximum absolute atomic E-state index is 12.7. The predicted molar refractivity (Wildman–Crippen MR) is 100.0 cm³/mol. The Kier molecular flexibility index (Phi) is 5.18. The van der Waals surface area contributed by atoms with E-state index in [9.17, 15) is 9.90 Å². The molecule has 2 N–H and O–H groups in total. The number of nitrogens with zero attached hydrogens (tertiary/aromatic N) is 1. The van der Waals surface area contributed by atoms with Crippen molar-refractivity contribution in [2.75, 3.05) is 13.2 Å². The lowest BCUT2D eigenvalue weighted by Gasteiger charge is -2.37. The number of hydrogen-bond acceptors (Lipinski definition) is 5.